The van der Waals surface area contributed by atoms with Gasteiger partial charge in [-0.15, -0.1) is 0 Å². The van der Waals surface area contributed by atoms with Gasteiger partial charge in [0, 0.05) is 10.9 Å². The summed E-state index contributed by atoms with van der Waals surface area (Å²) in [7, 11) is 0. The van der Waals surface area contributed by atoms with Gasteiger partial charge in [-0.3, -0.25) is 4.79 Å². The van der Waals surface area contributed by atoms with E-state index in [9.17, 15) is 20.1 Å². The van der Waals surface area contributed by atoms with Crippen molar-refractivity contribution in [3.63, 3.8) is 0 Å². The van der Waals surface area contributed by atoms with Crippen LogP contribution in [0, 0.1) is 0 Å². The summed E-state index contributed by atoms with van der Waals surface area (Å²) < 4.78 is 0. The van der Waals surface area contributed by atoms with Crippen LogP contribution in [0.4, 0.5) is 0 Å². The third-order valence-corrected chi connectivity index (χ3v) is 3.40. The topological polar surface area (TPSA) is 140 Å². The van der Waals surface area contributed by atoms with Crippen molar-refractivity contribution in [2.45, 2.75) is 24.4 Å². The lowest BCUT2D eigenvalue weighted by Crippen LogP contribution is -2.52. The number of aliphatic hydroxyl groups excluding tert-OH is 4. The number of fused-ring (bicyclic) bond motifs is 1. The molecule has 4 atom stereocenters. The van der Waals surface area contributed by atoms with Gasteiger partial charge in [-0.1, -0.05) is 18.2 Å². The number of carbonyl (C=O) groups excluding carboxylic acids is 1. The van der Waals surface area contributed by atoms with E-state index in [1.165, 1.54) is 0 Å². The predicted octanol–water partition coefficient (Wildman–Crippen LogP) is -1.25. The van der Waals surface area contributed by atoms with Crippen LogP contribution in [0.1, 0.15) is 10.5 Å². The summed E-state index contributed by atoms with van der Waals surface area (Å²) in [5.41, 5.74) is 6.59. The number of carbonyl (C=O) groups is 1. The fourth-order valence-electron chi connectivity index (χ4n) is 2.09. The molecule has 0 aliphatic heterocycles. The number of aromatic amines is 1. The van der Waals surface area contributed by atoms with Crippen LogP contribution < -0.4 is 5.73 Å². The second-order valence-electron chi connectivity index (χ2n) is 4.89. The lowest BCUT2D eigenvalue weighted by Gasteiger charge is -2.25. The Morgan fingerprint density at radius 1 is 1.19 bits per heavy atom. The van der Waals surface area contributed by atoms with Crippen LogP contribution in [0.3, 0.4) is 0 Å². The summed E-state index contributed by atoms with van der Waals surface area (Å²) in [6, 6.07) is 7.41. The zero-order valence-corrected chi connectivity index (χ0v) is 11.2. The van der Waals surface area contributed by atoms with Crippen LogP contribution in [-0.2, 0) is 0 Å². The number of para-hydroxylation sites is 1. The average Bonchev–Trinajstić information content (AvgIpc) is 2.95. The van der Waals surface area contributed by atoms with Gasteiger partial charge < -0.3 is 31.1 Å². The molecule has 1 aromatic heterocycles. The molecule has 0 unspecified atom stereocenters. The SMILES string of the molecule is N[C@@H](C(=O)c1cc2ccccc2[nH]1)[C@@H](O)[C@H](O)[C@H](O)CO. The Kier molecular flexibility index (Phi) is 4.71. The predicted molar refractivity (Wildman–Crippen MR) is 75.7 cm³/mol. The van der Waals surface area contributed by atoms with E-state index >= 15 is 0 Å². The number of Topliss-reactive ketones (excluding diaryl/α,β-unsaturated/α-hetero) is 1. The van der Waals surface area contributed by atoms with Crippen molar-refractivity contribution in [3.05, 3.63) is 36.0 Å². The number of hydrogen-bond donors (Lipinski definition) is 6. The standard InChI is InChI=1S/C14H18N2O5/c15-11(14(21)13(20)10(18)6-17)12(19)9-5-7-3-1-2-4-8(7)16-9/h1-5,10-11,13-14,16-18,20-21H,6,15H2/t10-,11+,13-,14-/m1/s1. The van der Waals surface area contributed by atoms with Gasteiger partial charge in [0.1, 0.15) is 18.3 Å². The minimum atomic E-state index is -1.71. The number of H-pyrrole nitrogens is 1. The van der Waals surface area contributed by atoms with Crippen LogP contribution in [0.25, 0.3) is 10.9 Å². The summed E-state index contributed by atoms with van der Waals surface area (Å²) in [5.74, 6) is -0.595. The minimum Gasteiger partial charge on any atom is -0.394 e. The number of aliphatic hydroxyl groups is 4. The quantitative estimate of drug-likeness (QED) is 0.368. The molecule has 0 radical (unpaired) electrons. The molecule has 7 nitrogen and oxygen atoms in total. The van der Waals surface area contributed by atoms with E-state index in [1.807, 2.05) is 18.2 Å². The Morgan fingerprint density at radius 3 is 2.48 bits per heavy atom. The summed E-state index contributed by atoms with van der Waals surface area (Å²) in [6.07, 6.45) is -4.97. The van der Waals surface area contributed by atoms with Crippen LogP contribution in [-0.4, -0.2) is 62.2 Å². The molecule has 0 bridgehead atoms. The van der Waals surface area contributed by atoms with E-state index in [-0.39, 0.29) is 5.69 Å². The zero-order chi connectivity index (χ0) is 15.6. The monoisotopic (exact) mass is 294 g/mol. The molecular weight excluding hydrogens is 276 g/mol. The minimum absolute atomic E-state index is 0.202. The lowest BCUT2D eigenvalue weighted by atomic mass is 9.97. The van der Waals surface area contributed by atoms with Gasteiger partial charge in [0.2, 0.25) is 0 Å². The normalized spacial score (nSPS) is 17.4. The molecule has 7 heteroatoms. The van der Waals surface area contributed by atoms with E-state index in [2.05, 4.69) is 4.98 Å². The summed E-state index contributed by atoms with van der Waals surface area (Å²) in [5, 5.41) is 38.2. The summed E-state index contributed by atoms with van der Waals surface area (Å²) >= 11 is 0. The first kappa shape index (κ1) is 15.6. The van der Waals surface area contributed by atoms with Gasteiger partial charge in [0.15, 0.2) is 5.78 Å². The molecule has 0 saturated heterocycles. The highest BCUT2D eigenvalue weighted by Crippen LogP contribution is 2.17. The van der Waals surface area contributed by atoms with Crippen molar-refractivity contribution in [3.8, 4) is 0 Å². The van der Waals surface area contributed by atoms with Gasteiger partial charge in [-0.25, -0.2) is 0 Å². The molecular formula is C14H18N2O5. The fourth-order valence-corrected chi connectivity index (χ4v) is 2.09. The van der Waals surface area contributed by atoms with Crippen LogP contribution in [0.5, 0.6) is 0 Å². The van der Waals surface area contributed by atoms with E-state index in [0.717, 1.165) is 10.9 Å². The molecule has 0 saturated carbocycles. The highest BCUT2D eigenvalue weighted by Gasteiger charge is 2.33. The van der Waals surface area contributed by atoms with Crippen LogP contribution in [0.2, 0.25) is 0 Å². The van der Waals surface area contributed by atoms with Crippen LogP contribution >= 0.6 is 0 Å². The molecule has 1 aromatic carbocycles. The van der Waals surface area contributed by atoms with Gasteiger partial charge in [-0.05, 0) is 12.1 Å². The molecule has 2 rings (SSSR count). The number of aromatic nitrogens is 1. The maximum absolute atomic E-state index is 12.2. The van der Waals surface area contributed by atoms with Crippen LogP contribution in [0.15, 0.2) is 30.3 Å². The first-order valence-electron chi connectivity index (χ1n) is 6.48. The third kappa shape index (κ3) is 3.12. The molecule has 0 aliphatic rings. The fraction of sp³-hybridized carbons (Fsp3) is 0.357. The number of hydrogen-bond acceptors (Lipinski definition) is 6. The van der Waals surface area contributed by atoms with Gasteiger partial charge in [0.05, 0.1) is 18.3 Å². The van der Waals surface area contributed by atoms with Crippen molar-refractivity contribution < 1.29 is 25.2 Å². The Bertz CT molecular complexity index is 594. The Labute approximate surface area is 120 Å². The number of ketones is 1. The lowest BCUT2D eigenvalue weighted by molar-refractivity contribution is -0.0798. The Morgan fingerprint density at radius 2 is 1.86 bits per heavy atom. The van der Waals surface area contributed by atoms with Crippen molar-refractivity contribution in [2.75, 3.05) is 6.61 Å². The van der Waals surface area contributed by atoms with Crippen molar-refractivity contribution in [1.82, 2.24) is 4.98 Å². The highest BCUT2D eigenvalue weighted by atomic mass is 16.4. The Hall–Kier alpha value is -1.77. The number of rotatable bonds is 6. The smallest absolute Gasteiger partial charge is 0.198 e. The van der Waals surface area contributed by atoms with Crippen molar-refractivity contribution >= 4 is 16.7 Å². The van der Waals surface area contributed by atoms with Crippen molar-refractivity contribution in [2.24, 2.45) is 5.73 Å². The molecule has 21 heavy (non-hydrogen) atoms. The van der Waals surface area contributed by atoms with Crippen molar-refractivity contribution in [1.29, 1.82) is 0 Å². The van der Waals surface area contributed by atoms with E-state index in [0.29, 0.717) is 0 Å². The molecule has 2 aromatic rings. The molecule has 0 amide bonds. The zero-order valence-electron chi connectivity index (χ0n) is 11.2. The van der Waals surface area contributed by atoms with Gasteiger partial charge in [0.25, 0.3) is 0 Å². The first-order chi connectivity index (χ1) is 9.95. The molecule has 1 heterocycles. The maximum atomic E-state index is 12.2. The third-order valence-electron chi connectivity index (χ3n) is 3.40. The van der Waals surface area contributed by atoms with Gasteiger partial charge >= 0.3 is 0 Å². The number of nitrogens with two attached hydrogens (primary N) is 1. The molecule has 0 fully saturated rings. The molecule has 7 N–H and O–H groups in total. The molecule has 0 spiro atoms. The Balaban J connectivity index is 2.18. The van der Waals surface area contributed by atoms with E-state index in [1.54, 1.807) is 12.1 Å². The van der Waals surface area contributed by atoms with Gasteiger partial charge in [-0.2, -0.15) is 0 Å². The first-order valence-corrected chi connectivity index (χ1v) is 6.48. The molecule has 114 valence electrons. The summed E-state index contributed by atoms with van der Waals surface area (Å²) in [6.45, 7) is -0.745. The summed E-state index contributed by atoms with van der Waals surface area (Å²) in [4.78, 5) is 15.1. The number of benzene rings is 1. The highest BCUT2D eigenvalue weighted by molar-refractivity contribution is 6.02. The molecule has 0 aliphatic carbocycles. The second kappa shape index (κ2) is 6.33. The second-order valence-corrected chi connectivity index (χ2v) is 4.89. The van der Waals surface area contributed by atoms with E-state index < -0.39 is 36.7 Å². The largest absolute Gasteiger partial charge is 0.394 e. The van der Waals surface area contributed by atoms with E-state index in [4.69, 9.17) is 10.8 Å². The number of nitrogens with one attached hydrogen (secondary N) is 1. The average molecular weight is 294 g/mol. The maximum Gasteiger partial charge on any atom is 0.198 e.